The quantitative estimate of drug-likeness (QED) is 0.706. The van der Waals surface area contributed by atoms with Crippen molar-refractivity contribution >= 4 is 5.91 Å². The van der Waals surface area contributed by atoms with Gasteiger partial charge < -0.3 is 4.90 Å². The zero-order valence-electron chi connectivity index (χ0n) is 15.3. The van der Waals surface area contributed by atoms with E-state index >= 15 is 0 Å². The number of amides is 1. The number of aromatic nitrogens is 3. The first kappa shape index (κ1) is 17.8. The van der Waals surface area contributed by atoms with Gasteiger partial charge >= 0.3 is 0 Å². The van der Waals surface area contributed by atoms with Gasteiger partial charge in [-0.3, -0.25) is 9.78 Å². The van der Waals surface area contributed by atoms with Gasteiger partial charge in [-0.05, 0) is 48.6 Å². The molecule has 28 heavy (non-hydrogen) atoms. The summed E-state index contributed by atoms with van der Waals surface area (Å²) in [6, 6.07) is 13.7. The van der Waals surface area contributed by atoms with Crippen LogP contribution in [0, 0.1) is 11.3 Å². The van der Waals surface area contributed by atoms with Crippen molar-refractivity contribution in [1.29, 1.82) is 5.26 Å². The first-order valence-electron chi connectivity index (χ1n) is 9.26. The minimum atomic E-state index is -0.0398. The molecule has 3 heterocycles. The Hall–Kier alpha value is -3.59. The highest BCUT2D eigenvalue weighted by molar-refractivity contribution is 5.93. The second kappa shape index (κ2) is 7.97. The second-order valence-electron chi connectivity index (χ2n) is 6.84. The molecule has 1 aromatic carbocycles. The Morgan fingerprint density at radius 1 is 1.07 bits per heavy atom. The Morgan fingerprint density at radius 3 is 2.54 bits per heavy atom. The first-order chi connectivity index (χ1) is 13.7. The predicted molar refractivity (Wildman–Crippen MR) is 104 cm³/mol. The molecule has 1 aliphatic rings. The van der Waals surface area contributed by atoms with Crippen molar-refractivity contribution < 1.29 is 4.79 Å². The summed E-state index contributed by atoms with van der Waals surface area (Å²) < 4.78 is 0. The van der Waals surface area contributed by atoms with Gasteiger partial charge in [0.25, 0.3) is 5.91 Å². The van der Waals surface area contributed by atoms with Crippen LogP contribution < -0.4 is 0 Å². The number of benzene rings is 1. The highest BCUT2D eigenvalue weighted by Crippen LogP contribution is 2.29. The number of pyridine rings is 1. The molecule has 0 aliphatic carbocycles. The maximum absolute atomic E-state index is 12.8. The number of nitriles is 1. The van der Waals surface area contributed by atoms with E-state index in [9.17, 15) is 4.79 Å². The third kappa shape index (κ3) is 3.74. The fourth-order valence-corrected chi connectivity index (χ4v) is 3.54. The molecule has 1 fully saturated rings. The lowest BCUT2D eigenvalue weighted by atomic mass is 9.88. The average Bonchev–Trinajstić information content (AvgIpc) is 2.79. The number of likely N-dealkylation sites (tertiary alicyclic amines) is 1. The van der Waals surface area contributed by atoms with Crippen molar-refractivity contribution in [2.45, 2.75) is 18.8 Å². The SMILES string of the molecule is N#Cc1cccc(C2CCN(C(=O)c3cnc(-c4cccnc4)nc3)CC2)c1. The zero-order chi connectivity index (χ0) is 19.3. The third-order valence-electron chi connectivity index (χ3n) is 5.09. The standard InChI is InChI=1S/C22H19N5O/c23-12-16-3-1-4-18(11-16)17-6-9-27(10-7-17)22(28)20-14-25-21(26-15-20)19-5-2-8-24-13-19/h1-5,8,11,13-15,17H,6-7,9-10H2. The van der Waals surface area contributed by atoms with Gasteiger partial charge in [0.05, 0.1) is 17.2 Å². The molecule has 1 saturated heterocycles. The van der Waals surface area contributed by atoms with E-state index in [-0.39, 0.29) is 5.91 Å². The van der Waals surface area contributed by atoms with Crippen LogP contribution in [0.15, 0.2) is 61.2 Å². The topological polar surface area (TPSA) is 82.8 Å². The summed E-state index contributed by atoms with van der Waals surface area (Å²) in [6.07, 6.45) is 8.33. The molecule has 6 heteroatoms. The van der Waals surface area contributed by atoms with Gasteiger partial charge in [0.1, 0.15) is 0 Å². The van der Waals surface area contributed by atoms with Crippen LogP contribution in [0.2, 0.25) is 0 Å². The molecule has 0 bridgehead atoms. The molecule has 0 unspecified atom stereocenters. The first-order valence-corrected chi connectivity index (χ1v) is 9.26. The van der Waals surface area contributed by atoms with E-state index in [1.807, 2.05) is 35.2 Å². The van der Waals surface area contributed by atoms with Gasteiger partial charge in [0, 0.05) is 43.4 Å². The summed E-state index contributed by atoms with van der Waals surface area (Å²) in [6.45, 7) is 1.37. The van der Waals surface area contributed by atoms with E-state index in [1.165, 1.54) is 5.56 Å². The van der Waals surface area contributed by atoms with Crippen molar-refractivity contribution in [1.82, 2.24) is 19.9 Å². The number of hydrogen-bond acceptors (Lipinski definition) is 5. The summed E-state index contributed by atoms with van der Waals surface area (Å²) in [5.41, 5.74) is 3.18. The van der Waals surface area contributed by atoms with E-state index in [1.54, 1.807) is 24.8 Å². The van der Waals surface area contributed by atoms with Gasteiger partial charge in [-0.1, -0.05) is 12.1 Å². The largest absolute Gasteiger partial charge is 0.339 e. The summed E-state index contributed by atoms with van der Waals surface area (Å²) in [4.78, 5) is 27.3. The molecule has 3 aromatic rings. The highest BCUT2D eigenvalue weighted by Gasteiger charge is 2.25. The number of carbonyl (C=O) groups is 1. The van der Waals surface area contributed by atoms with Gasteiger partial charge in [-0.2, -0.15) is 5.26 Å². The van der Waals surface area contributed by atoms with E-state index in [0.717, 1.165) is 18.4 Å². The lowest BCUT2D eigenvalue weighted by Crippen LogP contribution is -2.38. The minimum Gasteiger partial charge on any atom is -0.339 e. The molecule has 0 N–H and O–H groups in total. The van der Waals surface area contributed by atoms with Gasteiger partial charge in [0.2, 0.25) is 0 Å². The fraction of sp³-hybridized carbons (Fsp3) is 0.227. The molecule has 1 aliphatic heterocycles. The van der Waals surface area contributed by atoms with Crippen LogP contribution in [0.3, 0.4) is 0 Å². The van der Waals surface area contributed by atoms with Crippen LogP contribution in [-0.4, -0.2) is 38.8 Å². The molecule has 138 valence electrons. The maximum atomic E-state index is 12.8. The number of hydrogen-bond donors (Lipinski definition) is 0. The van der Waals surface area contributed by atoms with Crippen LogP contribution >= 0.6 is 0 Å². The lowest BCUT2D eigenvalue weighted by molar-refractivity contribution is 0.0712. The van der Waals surface area contributed by atoms with Crippen LogP contribution in [-0.2, 0) is 0 Å². The molecule has 0 spiro atoms. The van der Waals surface area contributed by atoms with Crippen molar-refractivity contribution in [2.24, 2.45) is 0 Å². The Bertz CT molecular complexity index is 1000. The second-order valence-corrected chi connectivity index (χ2v) is 6.84. The molecular formula is C22H19N5O. The molecule has 4 rings (SSSR count). The monoisotopic (exact) mass is 369 g/mol. The third-order valence-corrected chi connectivity index (χ3v) is 5.09. The van der Waals surface area contributed by atoms with E-state index in [0.29, 0.717) is 36.0 Å². The lowest BCUT2D eigenvalue weighted by Gasteiger charge is -2.32. The number of carbonyl (C=O) groups excluding carboxylic acids is 1. The number of rotatable bonds is 3. The van der Waals surface area contributed by atoms with Gasteiger partial charge in [-0.15, -0.1) is 0 Å². The van der Waals surface area contributed by atoms with E-state index < -0.39 is 0 Å². The molecule has 0 atom stereocenters. The van der Waals surface area contributed by atoms with Crippen molar-refractivity contribution in [3.63, 3.8) is 0 Å². The summed E-state index contributed by atoms with van der Waals surface area (Å²) in [5, 5.41) is 9.08. The van der Waals surface area contributed by atoms with Gasteiger partial charge in [-0.25, -0.2) is 9.97 Å². The Labute approximate surface area is 163 Å². The van der Waals surface area contributed by atoms with Crippen LogP contribution in [0.5, 0.6) is 0 Å². The van der Waals surface area contributed by atoms with Crippen molar-refractivity contribution in [3.8, 4) is 17.5 Å². The zero-order valence-corrected chi connectivity index (χ0v) is 15.3. The Morgan fingerprint density at radius 2 is 1.86 bits per heavy atom. The number of piperidine rings is 1. The Balaban J connectivity index is 1.40. The summed E-state index contributed by atoms with van der Waals surface area (Å²) in [5.74, 6) is 0.893. The molecular weight excluding hydrogens is 350 g/mol. The average molecular weight is 369 g/mol. The van der Waals surface area contributed by atoms with E-state index in [4.69, 9.17) is 5.26 Å². The number of nitrogens with zero attached hydrogens (tertiary/aromatic N) is 5. The van der Waals surface area contributed by atoms with Crippen LogP contribution in [0.4, 0.5) is 0 Å². The molecule has 0 radical (unpaired) electrons. The van der Waals surface area contributed by atoms with Crippen molar-refractivity contribution in [3.05, 3.63) is 77.9 Å². The smallest absolute Gasteiger partial charge is 0.256 e. The molecule has 6 nitrogen and oxygen atoms in total. The fourth-order valence-electron chi connectivity index (χ4n) is 3.54. The predicted octanol–water partition coefficient (Wildman–Crippen LogP) is 3.43. The van der Waals surface area contributed by atoms with Gasteiger partial charge in [0.15, 0.2) is 5.82 Å². The van der Waals surface area contributed by atoms with Crippen molar-refractivity contribution in [2.75, 3.05) is 13.1 Å². The maximum Gasteiger partial charge on any atom is 0.256 e. The molecule has 2 aromatic heterocycles. The summed E-state index contributed by atoms with van der Waals surface area (Å²) >= 11 is 0. The summed E-state index contributed by atoms with van der Waals surface area (Å²) in [7, 11) is 0. The minimum absolute atomic E-state index is 0.0398. The Kier molecular flexibility index (Phi) is 5.07. The highest BCUT2D eigenvalue weighted by atomic mass is 16.2. The molecule has 0 saturated carbocycles. The van der Waals surface area contributed by atoms with Crippen LogP contribution in [0.25, 0.3) is 11.4 Å². The normalized spacial score (nSPS) is 14.5. The molecule has 1 amide bonds. The van der Waals surface area contributed by atoms with Crippen LogP contribution in [0.1, 0.15) is 40.2 Å². The van der Waals surface area contributed by atoms with E-state index in [2.05, 4.69) is 27.1 Å².